The molecule has 0 amide bonds. The molecular weight excluding hydrogens is 396 g/mol. The lowest BCUT2D eigenvalue weighted by Crippen LogP contribution is -2.21. The van der Waals surface area contributed by atoms with Crippen LogP contribution < -0.4 is 9.64 Å². The van der Waals surface area contributed by atoms with Crippen molar-refractivity contribution >= 4 is 44.8 Å². The molecule has 1 aliphatic rings. The van der Waals surface area contributed by atoms with E-state index in [-0.39, 0.29) is 12.2 Å². The first-order chi connectivity index (χ1) is 13.5. The Bertz CT molecular complexity index is 1030. The highest BCUT2D eigenvalue weighted by molar-refractivity contribution is 7.18. The number of methoxy groups -OCH3 is 1. The number of fused-ring (bicyclic) bond motifs is 1. The van der Waals surface area contributed by atoms with Gasteiger partial charge < -0.3 is 9.64 Å². The predicted octanol–water partition coefficient (Wildman–Crippen LogP) is 4.01. The van der Waals surface area contributed by atoms with Crippen molar-refractivity contribution in [3.05, 3.63) is 39.6 Å². The Morgan fingerprint density at radius 3 is 2.75 bits per heavy atom. The lowest BCUT2D eigenvalue weighted by atomic mass is 10.0. The van der Waals surface area contributed by atoms with E-state index in [1.807, 2.05) is 13.1 Å². The Morgan fingerprint density at radius 1 is 1.25 bits per heavy atom. The number of ether oxygens (including phenoxy) is 1. The van der Waals surface area contributed by atoms with Crippen LogP contribution in [0.3, 0.4) is 0 Å². The van der Waals surface area contributed by atoms with Gasteiger partial charge in [-0.3, -0.25) is 4.79 Å². The van der Waals surface area contributed by atoms with Crippen LogP contribution in [0.4, 0.5) is 5.69 Å². The maximum absolute atomic E-state index is 12.8. The fraction of sp³-hybridized carbons (Fsp3) is 0.400. The van der Waals surface area contributed by atoms with Crippen LogP contribution in [-0.2, 0) is 17.6 Å². The molecule has 0 aromatic carbocycles. The van der Waals surface area contributed by atoms with Crippen molar-refractivity contribution < 1.29 is 9.53 Å². The van der Waals surface area contributed by atoms with Crippen molar-refractivity contribution in [3.63, 3.8) is 0 Å². The molecule has 8 heteroatoms. The van der Waals surface area contributed by atoms with Gasteiger partial charge in [-0.2, -0.15) is 0 Å². The first-order valence-corrected chi connectivity index (χ1v) is 10.4. The number of carbonyl (C=O) groups is 1. The van der Waals surface area contributed by atoms with Crippen LogP contribution >= 0.6 is 22.9 Å². The number of hydrogen-bond donors (Lipinski definition) is 0. The maximum Gasteiger partial charge on any atom is 0.232 e. The van der Waals surface area contributed by atoms with Crippen molar-refractivity contribution in [1.29, 1.82) is 0 Å². The highest BCUT2D eigenvalue weighted by Crippen LogP contribution is 2.34. The van der Waals surface area contributed by atoms with Gasteiger partial charge in [0, 0.05) is 43.9 Å². The zero-order valence-corrected chi connectivity index (χ0v) is 17.4. The molecule has 146 valence electrons. The van der Waals surface area contributed by atoms with E-state index in [4.69, 9.17) is 21.3 Å². The summed E-state index contributed by atoms with van der Waals surface area (Å²) in [5.41, 5.74) is 3.71. The average molecular weight is 417 g/mol. The first-order valence-electron chi connectivity index (χ1n) is 9.25. The van der Waals surface area contributed by atoms with Gasteiger partial charge in [0.05, 0.1) is 17.8 Å². The van der Waals surface area contributed by atoms with Crippen molar-refractivity contribution in [2.45, 2.75) is 32.6 Å². The van der Waals surface area contributed by atoms with Crippen LogP contribution in [0, 0.1) is 6.92 Å². The molecule has 3 aromatic rings. The van der Waals surface area contributed by atoms with E-state index in [9.17, 15) is 4.79 Å². The second-order valence-electron chi connectivity index (χ2n) is 6.94. The number of hydrogen-bond acceptors (Lipinski definition) is 7. The third kappa shape index (κ3) is 3.82. The SMILES string of the molecule is COc1ncc(CC(=O)Cc2cnc3sc(C)nc3c2N2CCCC2)cc1Cl. The van der Waals surface area contributed by atoms with E-state index in [1.54, 1.807) is 23.6 Å². The molecule has 0 radical (unpaired) electrons. The number of nitrogens with zero attached hydrogens (tertiary/aromatic N) is 4. The lowest BCUT2D eigenvalue weighted by molar-refractivity contribution is -0.117. The number of anilines is 1. The summed E-state index contributed by atoms with van der Waals surface area (Å²) in [5, 5.41) is 1.40. The van der Waals surface area contributed by atoms with Gasteiger partial charge in [-0.1, -0.05) is 22.9 Å². The van der Waals surface area contributed by atoms with Crippen molar-refractivity contribution in [2.24, 2.45) is 0 Å². The molecular formula is C20H21ClN4O2S. The van der Waals surface area contributed by atoms with Gasteiger partial charge in [0.15, 0.2) is 0 Å². The normalized spacial score (nSPS) is 14.0. The van der Waals surface area contributed by atoms with E-state index in [0.717, 1.165) is 58.1 Å². The van der Waals surface area contributed by atoms with Crippen LogP contribution in [-0.4, -0.2) is 40.9 Å². The van der Waals surface area contributed by atoms with Gasteiger partial charge in [0.2, 0.25) is 5.88 Å². The maximum atomic E-state index is 12.8. The monoisotopic (exact) mass is 416 g/mol. The molecule has 1 aliphatic heterocycles. The summed E-state index contributed by atoms with van der Waals surface area (Å²) in [5.74, 6) is 0.458. The summed E-state index contributed by atoms with van der Waals surface area (Å²) < 4.78 is 5.07. The Balaban J connectivity index is 1.61. The second-order valence-corrected chi connectivity index (χ2v) is 8.53. The van der Waals surface area contributed by atoms with Crippen molar-refractivity contribution in [1.82, 2.24) is 15.0 Å². The Hall–Kier alpha value is -2.25. The third-order valence-electron chi connectivity index (χ3n) is 4.85. The quantitative estimate of drug-likeness (QED) is 0.604. The molecule has 0 spiro atoms. The number of thiazole rings is 1. The number of aromatic nitrogens is 3. The highest BCUT2D eigenvalue weighted by Gasteiger charge is 2.22. The molecule has 0 atom stereocenters. The van der Waals surface area contributed by atoms with Gasteiger partial charge in [0.25, 0.3) is 0 Å². The van der Waals surface area contributed by atoms with Crippen LogP contribution in [0.1, 0.15) is 29.0 Å². The van der Waals surface area contributed by atoms with Gasteiger partial charge in [-0.25, -0.2) is 15.0 Å². The lowest BCUT2D eigenvalue weighted by Gasteiger charge is -2.21. The summed E-state index contributed by atoms with van der Waals surface area (Å²) >= 11 is 7.72. The first kappa shape index (κ1) is 19.1. The fourth-order valence-corrected chi connectivity index (χ4v) is 4.67. The van der Waals surface area contributed by atoms with Gasteiger partial charge in [-0.05, 0) is 31.4 Å². The number of halogens is 1. The number of Topliss-reactive ketones (excluding diaryl/α,β-unsaturated/α-hetero) is 1. The van der Waals surface area contributed by atoms with E-state index in [2.05, 4.69) is 14.9 Å². The summed E-state index contributed by atoms with van der Waals surface area (Å²) in [6.45, 7) is 3.98. The molecule has 0 unspecified atom stereocenters. The fourth-order valence-electron chi connectivity index (χ4n) is 3.65. The third-order valence-corrected chi connectivity index (χ3v) is 6.00. The minimum Gasteiger partial charge on any atom is -0.480 e. The van der Waals surface area contributed by atoms with Crippen LogP contribution in [0.5, 0.6) is 5.88 Å². The van der Waals surface area contributed by atoms with E-state index < -0.39 is 0 Å². The molecule has 0 saturated carbocycles. The molecule has 3 aromatic heterocycles. The Kier molecular flexibility index (Phi) is 5.46. The van der Waals surface area contributed by atoms with Crippen LogP contribution in [0.15, 0.2) is 18.5 Å². The molecule has 6 nitrogen and oxygen atoms in total. The molecule has 28 heavy (non-hydrogen) atoms. The number of rotatable bonds is 6. The van der Waals surface area contributed by atoms with Gasteiger partial charge in [-0.15, -0.1) is 0 Å². The van der Waals surface area contributed by atoms with Gasteiger partial charge in [0.1, 0.15) is 21.2 Å². The summed E-state index contributed by atoms with van der Waals surface area (Å²) in [7, 11) is 1.52. The van der Waals surface area contributed by atoms with E-state index in [1.165, 1.54) is 7.11 Å². The molecule has 0 N–H and O–H groups in total. The molecule has 0 bridgehead atoms. The molecule has 1 saturated heterocycles. The standard InChI is InChI=1S/C20H21ClN4O2S/c1-12-24-17-18(25-5-3-4-6-25)14(11-23-20(17)28-12)9-15(26)7-13-8-16(21)19(27-2)22-10-13/h8,10-11H,3-7,9H2,1-2H3. The molecule has 1 fully saturated rings. The van der Waals surface area contributed by atoms with Gasteiger partial charge >= 0.3 is 0 Å². The summed E-state index contributed by atoms with van der Waals surface area (Å²) in [4.78, 5) is 29.5. The average Bonchev–Trinajstić information content (AvgIpc) is 3.30. The van der Waals surface area contributed by atoms with Crippen molar-refractivity contribution in [2.75, 3.05) is 25.1 Å². The number of ketones is 1. The smallest absolute Gasteiger partial charge is 0.232 e. The second kappa shape index (κ2) is 8.01. The molecule has 4 heterocycles. The summed E-state index contributed by atoms with van der Waals surface area (Å²) in [6, 6.07) is 1.73. The topological polar surface area (TPSA) is 68.2 Å². The summed E-state index contributed by atoms with van der Waals surface area (Å²) in [6.07, 6.45) is 6.38. The largest absolute Gasteiger partial charge is 0.480 e. The zero-order valence-electron chi connectivity index (χ0n) is 15.9. The Labute approximate surface area is 172 Å². The minimum atomic E-state index is 0.0941. The number of aryl methyl sites for hydroxylation is 1. The molecule has 4 rings (SSSR count). The van der Waals surface area contributed by atoms with Crippen LogP contribution in [0.25, 0.3) is 10.3 Å². The highest BCUT2D eigenvalue weighted by atomic mass is 35.5. The van der Waals surface area contributed by atoms with E-state index >= 15 is 0 Å². The van der Waals surface area contributed by atoms with Crippen molar-refractivity contribution in [3.8, 4) is 5.88 Å². The predicted molar refractivity (Wildman–Crippen MR) is 112 cm³/mol. The number of carbonyl (C=O) groups excluding carboxylic acids is 1. The van der Waals surface area contributed by atoms with E-state index in [0.29, 0.717) is 17.3 Å². The minimum absolute atomic E-state index is 0.0941. The number of pyridine rings is 2. The molecule has 0 aliphatic carbocycles. The Morgan fingerprint density at radius 2 is 2.04 bits per heavy atom. The van der Waals surface area contributed by atoms with Crippen LogP contribution in [0.2, 0.25) is 5.02 Å². The zero-order chi connectivity index (χ0) is 19.7.